The van der Waals surface area contributed by atoms with Crippen molar-refractivity contribution in [3.63, 3.8) is 0 Å². The van der Waals surface area contributed by atoms with Crippen molar-refractivity contribution in [1.29, 1.82) is 0 Å². The van der Waals surface area contributed by atoms with E-state index >= 15 is 0 Å². The Balaban J connectivity index is 4.06. The monoisotopic (exact) mass is 766 g/mol. The van der Waals surface area contributed by atoms with Gasteiger partial charge in [-0.1, -0.05) is 197 Å². The molecular weight excluding hydrogens is 683 g/mol. The number of carbonyl (C=O) groups excluding carboxylic acids is 1. The average molecular weight is 766 g/mol. The highest BCUT2D eigenvalue weighted by atomic mass is 32.2. The van der Waals surface area contributed by atoms with Gasteiger partial charge in [0.1, 0.15) is 6.10 Å². The molecule has 0 aliphatic heterocycles. The SMILES string of the molecule is CCCCC/C=C\C=C/CCCCCCCCCCCC(O)C(=O)NC(CS(=O)(=O)O)C(O)/C=C/CC/C=C/CCCCCCCCCCCCCC. The Labute approximate surface area is 327 Å². The van der Waals surface area contributed by atoms with Crippen molar-refractivity contribution in [3.8, 4) is 0 Å². The maximum absolute atomic E-state index is 12.6. The van der Waals surface area contributed by atoms with Gasteiger partial charge in [-0.05, 0) is 57.8 Å². The van der Waals surface area contributed by atoms with Crippen LogP contribution in [0.3, 0.4) is 0 Å². The normalized spacial score (nSPS) is 14.3. The molecule has 0 radical (unpaired) electrons. The van der Waals surface area contributed by atoms with Crippen LogP contribution in [0, 0.1) is 0 Å². The minimum absolute atomic E-state index is 0.267. The Hall–Kier alpha value is -1.74. The van der Waals surface area contributed by atoms with Gasteiger partial charge in [0.25, 0.3) is 10.1 Å². The van der Waals surface area contributed by atoms with Crippen LogP contribution < -0.4 is 5.32 Å². The summed E-state index contributed by atoms with van der Waals surface area (Å²) in [5.41, 5.74) is 0. The first-order valence-corrected chi connectivity index (χ1v) is 23.6. The van der Waals surface area contributed by atoms with Gasteiger partial charge < -0.3 is 15.5 Å². The molecule has 0 saturated carbocycles. The molecule has 0 aliphatic carbocycles. The second kappa shape index (κ2) is 38.5. The molecule has 1 amide bonds. The summed E-state index contributed by atoms with van der Waals surface area (Å²) in [5, 5.41) is 23.4. The van der Waals surface area contributed by atoms with E-state index in [4.69, 9.17) is 0 Å². The molecule has 310 valence electrons. The fourth-order valence-corrected chi connectivity index (χ4v) is 7.20. The molecule has 3 unspecified atom stereocenters. The van der Waals surface area contributed by atoms with Crippen molar-refractivity contribution in [2.75, 3.05) is 5.75 Å². The zero-order valence-electron chi connectivity index (χ0n) is 34.2. The van der Waals surface area contributed by atoms with Gasteiger partial charge in [-0.25, -0.2) is 0 Å². The lowest BCUT2D eigenvalue weighted by atomic mass is 10.0. The quantitative estimate of drug-likeness (QED) is 0.0214. The number of nitrogens with one attached hydrogen (secondary N) is 1. The number of allylic oxidation sites excluding steroid dienone is 7. The largest absolute Gasteiger partial charge is 0.387 e. The summed E-state index contributed by atoms with van der Waals surface area (Å²) in [5.74, 6) is -1.56. The minimum Gasteiger partial charge on any atom is -0.387 e. The molecule has 0 spiro atoms. The highest BCUT2D eigenvalue weighted by molar-refractivity contribution is 7.85. The molecule has 0 fully saturated rings. The third-order valence-corrected chi connectivity index (χ3v) is 10.6. The van der Waals surface area contributed by atoms with Crippen LogP contribution in [-0.4, -0.2) is 53.1 Å². The van der Waals surface area contributed by atoms with E-state index in [0.717, 1.165) is 38.5 Å². The van der Waals surface area contributed by atoms with E-state index in [9.17, 15) is 28.0 Å². The van der Waals surface area contributed by atoms with Gasteiger partial charge in [0.15, 0.2) is 0 Å². The summed E-state index contributed by atoms with van der Waals surface area (Å²) in [6.07, 6.45) is 48.8. The van der Waals surface area contributed by atoms with Crippen molar-refractivity contribution < 1.29 is 28.0 Å². The van der Waals surface area contributed by atoms with Crippen LogP contribution in [-0.2, 0) is 14.9 Å². The average Bonchev–Trinajstić information content (AvgIpc) is 3.12. The zero-order chi connectivity index (χ0) is 39.1. The first kappa shape index (κ1) is 51.3. The molecule has 4 N–H and O–H groups in total. The summed E-state index contributed by atoms with van der Waals surface area (Å²) in [7, 11) is -4.46. The summed E-state index contributed by atoms with van der Waals surface area (Å²) in [6, 6.07) is -1.25. The van der Waals surface area contributed by atoms with Crippen LogP contribution in [0.5, 0.6) is 0 Å². The van der Waals surface area contributed by atoms with Crippen LogP contribution in [0.15, 0.2) is 48.6 Å². The van der Waals surface area contributed by atoms with Crippen LogP contribution in [0.2, 0.25) is 0 Å². The second-order valence-electron chi connectivity index (χ2n) is 15.1. The van der Waals surface area contributed by atoms with Gasteiger partial charge in [0.2, 0.25) is 5.91 Å². The molecule has 53 heavy (non-hydrogen) atoms. The van der Waals surface area contributed by atoms with E-state index in [1.807, 2.05) is 0 Å². The van der Waals surface area contributed by atoms with Gasteiger partial charge in [0, 0.05) is 0 Å². The number of amides is 1. The van der Waals surface area contributed by atoms with Gasteiger partial charge in [-0.15, -0.1) is 0 Å². The first-order valence-electron chi connectivity index (χ1n) is 22.0. The Morgan fingerprint density at radius 2 is 0.906 bits per heavy atom. The van der Waals surface area contributed by atoms with Gasteiger partial charge >= 0.3 is 0 Å². The first-order chi connectivity index (χ1) is 25.7. The minimum atomic E-state index is -4.46. The Morgan fingerprint density at radius 1 is 0.528 bits per heavy atom. The third kappa shape index (κ3) is 38.3. The number of aliphatic hydroxyl groups excluding tert-OH is 2. The number of hydrogen-bond acceptors (Lipinski definition) is 5. The third-order valence-electron chi connectivity index (χ3n) is 9.86. The van der Waals surface area contributed by atoms with Crippen LogP contribution in [0.25, 0.3) is 0 Å². The molecule has 0 heterocycles. The predicted molar refractivity (Wildman–Crippen MR) is 227 cm³/mol. The summed E-state index contributed by atoms with van der Waals surface area (Å²) >= 11 is 0. The predicted octanol–water partition coefficient (Wildman–Crippen LogP) is 12.0. The lowest BCUT2D eigenvalue weighted by Crippen LogP contribution is -2.50. The number of rotatable bonds is 39. The second-order valence-corrected chi connectivity index (χ2v) is 16.6. The van der Waals surface area contributed by atoms with Crippen molar-refractivity contribution in [3.05, 3.63) is 48.6 Å². The standard InChI is InChI=1S/C45H83NO6S/c1-3-5-7-9-11-13-15-17-19-21-23-25-27-29-31-33-35-37-39-43(47)42(41-53(50,51)52)46-45(49)44(48)40-38-36-34-32-30-28-26-24-22-20-18-16-14-12-10-8-6-4-2/h12,14,16,18,29,31,37,39,42-44,47-48H,3-11,13,15,17,19-28,30,32-36,38,40-41H2,1-2H3,(H,46,49)(H,50,51,52)/b14-12-,18-16-,31-29+,39-37+. The van der Waals surface area contributed by atoms with E-state index in [2.05, 4.69) is 55.6 Å². The maximum Gasteiger partial charge on any atom is 0.267 e. The molecule has 3 atom stereocenters. The number of hydrogen-bond donors (Lipinski definition) is 4. The molecule has 8 heteroatoms. The Kier molecular flexibility index (Phi) is 37.3. The zero-order valence-corrected chi connectivity index (χ0v) is 35.1. The lowest BCUT2D eigenvalue weighted by molar-refractivity contribution is -0.130. The molecule has 7 nitrogen and oxygen atoms in total. The molecule has 0 rings (SSSR count). The summed E-state index contributed by atoms with van der Waals surface area (Å²) < 4.78 is 32.6. The Bertz CT molecular complexity index is 1040. The lowest BCUT2D eigenvalue weighted by Gasteiger charge is -2.22. The van der Waals surface area contributed by atoms with Gasteiger partial charge in [-0.3, -0.25) is 9.35 Å². The summed E-state index contributed by atoms with van der Waals surface area (Å²) in [4.78, 5) is 12.6. The highest BCUT2D eigenvalue weighted by Crippen LogP contribution is 2.14. The number of unbranched alkanes of at least 4 members (excludes halogenated alkanes) is 25. The molecule has 0 aromatic carbocycles. The topological polar surface area (TPSA) is 124 Å². The van der Waals surface area contributed by atoms with Gasteiger partial charge in [-0.2, -0.15) is 8.42 Å². The highest BCUT2D eigenvalue weighted by Gasteiger charge is 2.27. The van der Waals surface area contributed by atoms with E-state index < -0.39 is 40.0 Å². The van der Waals surface area contributed by atoms with Crippen molar-refractivity contribution in [2.24, 2.45) is 0 Å². The molecule has 0 saturated heterocycles. The van der Waals surface area contributed by atoms with Crippen LogP contribution >= 0.6 is 0 Å². The molecular formula is C45H83NO6S. The van der Waals surface area contributed by atoms with Crippen LogP contribution in [0.4, 0.5) is 0 Å². The fourth-order valence-electron chi connectivity index (χ4n) is 6.46. The van der Waals surface area contributed by atoms with E-state index in [0.29, 0.717) is 12.8 Å². The summed E-state index contributed by atoms with van der Waals surface area (Å²) in [6.45, 7) is 4.49. The smallest absolute Gasteiger partial charge is 0.267 e. The van der Waals surface area contributed by atoms with E-state index in [1.165, 1.54) is 141 Å². The molecule has 0 aliphatic rings. The van der Waals surface area contributed by atoms with Crippen molar-refractivity contribution in [1.82, 2.24) is 5.32 Å². The van der Waals surface area contributed by atoms with E-state index in [-0.39, 0.29) is 6.42 Å². The molecule has 0 aromatic rings. The maximum atomic E-state index is 12.6. The fraction of sp³-hybridized carbons (Fsp3) is 0.800. The molecule has 0 bridgehead atoms. The number of carbonyl (C=O) groups is 1. The van der Waals surface area contributed by atoms with Crippen molar-refractivity contribution >= 4 is 16.0 Å². The van der Waals surface area contributed by atoms with Crippen molar-refractivity contribution in [2.45, 2.75) is 225 Å². The van der Waals surface area contributed by atoms with E-state index in [1.54, 1.807) is 6.08 Å². The number of aliphatic hydroxyl groups is 2. The van der Waals surface area contributed by atoms with Gasteiger partial charge in [0.05, 0.1) is 17.9 Å². The Morgan fingerprint density at radius 3 is 1.40 bits per heavy atom. The van der Waals surface area contributed by atoms with Crippen LogP contribution in [0.1, 0.15) is 206 Å². The molecule has 0 aromatic heterocycles.